The molecule has 0 amide bonds. The summed E-state index contributed by atoms with van der Waals surface area (Å²) in [4.78, 5) is 23.3. The third-order valence-corrected chi connectivity index (χ3v) is 7.61. The van der Waals surface area contributed by atoms with Crippen LogP contribution < -0.4 is 10.3 Å². The molecule has 4 aromatic rings. The number of nitrogens with zero attached hydrogens (tertiary/aromatic N) is 3. The topological polar surface area (TPSA) is 86.5 Å². The van der Waals surface area contributed by atoms with Crippen molar-refractivity contribution in [1.82, 2.24) is 14.5 Å². The number of aromatic nitrogens is 3. The van der Waals surface area contributed by atoms with Crippen molar-refractivity contribution in [3.8, 4) is 5.75 Å². The van der Waals surface area contributed by atoms with Gasteiger partial charge in [-0.2, -0.15) is 0 Å². The molecule has 0 fully saturated rings. The highest BCUT2D eigenvalue weighted by molar-refractivity contribution is 6.30. The first-order valence-electron chi connectivity index (χ1n) is 11.4. The number of hydrogen-bond acceptors (Lipinski definition) is 6. The lowest BCUT2D eigenvalue weighted by atomic mass is 9.70. The molecule has 0 radical (unpaired) electrons. The Morgan fingerprint density at radius 1 is 1.11 bits per heavy atom. The molecule has 2 aliphatic heterocycles. The van der Waals surface area contributed by atoms with Gasteiger partial charge in [-0.25, -0.2) is 4.98 Å². The van der Waals surface area contributed by atoms with Gasteiger partial charge in [0, 0.05) is 28.5 Å². The molecule has 8 heteroatoms. The fourth-order valence-electron chi connectivity index (χ4n) is 5.97. The van der Waals surface area contributed by atoms with E-state index in [1.54, 1.807) is 35.2 Å². The zero-order valence-electron chi connectivity index (χ0n) is 18.5. The van der Waals surface area contributed by atoms with Crippen LogP contribution in [0.3, 0.4) is 0 Å². The predicted molar refractivity (Wildman–Crippen MR) is 127 cm³/mol. The largest absolute Gasteiger partial charge is 0.477 e. The highest BCUT2D eigenvalue weighted by atomic mass is 35.5. The van der Waals surface area contributed by atoms with Crippen molar-refractivity contribution < 1.29 is 14.6 Å². The van der Waals surface area contributed by atoms with Crippen molar-refractivity contribution in [3.05, 3.63) is 122 Å². The molecule has 0 saturated heterocycles. The predicted octanol–water partition coefficient (Wildman–Crippen LogP) is 3.49. The highest BCUT2D eigenvalue weighted by Gasteiger charge is 2.73. The van der Waals surface area contributed by atoms with E-state index in [2.05, 4.69) is 4.98 Å². The average molecular weight is 486 g/mol. The van der Waals surface area contributed by atoms with Gasteiger partial charge in [0.1, 0.15) is 18.2 Å². The molecule has 0 saturated carbocycles. The van der Waals surface area contributed by atoms with Crippen molar-refractivity contribution in [3.63, 3.8) is 0 Å². The number of rotatable bonds is 2. The molecule has 35 heavy (non-hydrogen) atoms. The fraction of sp³-hybridized carbons (Fsp3) is 0.222. The van der Waals surface area contributed by atoms with Crippen LogP contribution >= 0.6 is 11.6 Å². The van der Waals surface area contributed by atoms with Crippen LogP contribution in [0, 0.1) is 0 Å². The van der Waals surface area contributed by atoms with Gasteiger partial charge in [0.05, 0.1) is 30.3 Å². The Morgan fingerprint density at radius 3 is 2.77 bits per heavy atom. The van der Waals surface area contributed by atoms with Crippen molar-refractivity contribution in [2.24, 2.45) is 0 Å². The van der Waals surface area contributed by atoms with Crippen LogP contribution in [0.15, 0.2) is 77.9 Å². The second-order valence-electron chi connectivity index (χ2n) is 9.07. The molecule has 0 spiro atoms. The summed E-state index contributed by atoms with van der Waals surface area (Å²) in [6.45, 7) is 1.01. The van der Waals surface area contributed by atoms with E-state index in [4.69, 9.17) is 26.1 Å². The summed E-state index contributed by atoms with van der Waals surface area (Å²) in [7, 11) is 0. The first kappa shape index (κ1) is 20.8. The monoisotopic (exact) mass is 485 g/mol. The van der Waals surface area contributed by atoms with Crippen LogP contribution in [0.1, 0.15) is 39.7 Å². The van der Waals surface area contributed by atoms with Crippen molar-refractivity contribution in [1.29, 1.82) is 0 Å². The van der Waals surface area contributed by atoms with E-state index in [9.17, 15) is 9.90 Å². The quantitative estimate of drug-likeness (QED) is 0.468. The summed E-state index contributed by atoms with van der Waals surface area (Å²) in [5.74, 6) is 0.305. The molecule has 3 aliphatic rings. The maximum atomic E-state index is 14.1. The van der Waals surface area contributed by atoms with Crippen LogP contribution in [0.5, 0.6) is 5.75 Å². The minimum atomic E-state index is -1.78. The molecule has 2 aromatic heterocycles. The summed E-state index contributed by atoms with van der Waals surface area (Å²) in [6, 6.07) is 18.4. The number of aliphatic hydroxyl groups is 1. The summed E-state index contributed by atoms with van der Waals surface area (Å²) in [5, 5.41) is 13.3. The molecule has 0 bridgehead atoms. The smallest absolute Gasteiger partial charge is 0.258 e. The molecule has 174 valence electrons. The Kier molecular flexibility index (Phi) is 4.31. The Balaban J connectivity index is 1.66. The minimum Gasteiger partial charge on any atom is -0.477 e. The van der Waals surface area contributed by atoms with Crippen molar-refractivity contribution >= 4 is 11.6 Å². The van der Waals surface area contributed by atoms with Gasteiger partial charge in [0.2, 0.25) is 0 Å². The van der Waals surface area contributed by atoms with Gasteiger partial charge in [0.15, 0.2) is 11.2 Å². The zero-order chi connectivity index (χ0) is 23.8. The molecule has 2 aromatic carbocycles. The number of pyridine rings is 1. The first-order chi connectivity index (χ1) is 17.1. The van der Waals surface area contributed by atoms with E-state index in [0.29, 0.717) is 40.9 Å². The highest BCUT2D eigenvalue weighted by Crippen LogP contribution is 2.67. The van der Waals surface area contributed by atoms with Crippen LogP contribution in [-0.2, 0) is 29.1 Å². The van der Waals surface area contributed by atoms with Crippen LogP contribution in [0.4, 0.5) is 0 Å². The lowest BCUT2D eigenvalue weighted by Crippen LogP contribution is -2.49. The molecule has 0 unspecified atom stereocenters. The first-order valence-corrected chi connectivity index (χ1v) is 11.8. The molecular weight excluding hydrogens is 466 g/mol. The van der Waals surface area contributed by atoms with Gasteiger partial charge in [-0.1, -0.05) is 48.0 Å². The van der Waals surface area contributed by atoms with Gasteiger partial charge in [-0.15, -0.1) is 0 Å². The van der Waals surface area contributed by atoms with E-state index in [1.807, 2.05) is 42.5 Å². The summed E-state index contributed by atoms with van der Waals surface area (Å²) in [5.41, 5.74) is -0.749. The summed E-state index contributed by atoms with van der Waals surface area (Å²) < 4.78 is 14.0. The van der Waals surface area contributed by atoms with Crippen molar-refractivity contribution in [2.45, 2.75) is 30.3 Å². The number of halogens is 1. The van der Waals surface area contributed by atoms with Gasteiger partial charge in [0.25, 0.3) is 5.56 Å². The normalized spacial score (nSPS) is 25.8. The maximum Gasteiger partial charge on any atom is 0.258 e. The second-order valence-corrected chi connectivity index (χ2v) is 9.51. The van der Waals surface area contributed by atoms with E-state index >= 15 is 0 Å². The zero-order valence-corrected chi connectivity index (χ0v) is 19.3. The van der Waals surface area contributed by atoms with Crippen LogP contribution in [0.2, 0.25) is 5.02 Å². The van der Waals surface area contributed by atoms with Gasteiger partial charge >= 0.3 is 0 Å². The van der Waals surface area contributed by atoms with Gasteiger partial charge in [-0.05, 0) is 29.8 Å². The van der Waals surface area contributed by atoms with Crippen molar-refractivity contribution in [2.75, 3.05) is 6.61 Å². The Morgan fingerprint density at radius 2 is 1.97 bits per heavy atom. The molecule has 1 N–H and O–H groups in total. The van der Waals surface area contributed by atoms with E-state index in [0.717, 1.165) is 11.1 Å². The Bertz CT molecular complexity index is 1540. The molecule has 4 heterocycles. The SMILES string of the molecule is O=c1c2c(nc3n1CCOC3)[C@@]1(O)c3cc(Cl)ccc3O[C@@]1(c1ccccc1)[C@@H]2c1cccnc1. The number of benzene rings is 2. The molecule has 7 nitrogen and oxygen atoms in total. The number of fused-ring (bicyclic) bond motifs is 6. The Labute approximate surface area is 205 Å². The van der Waals surface area contributed by atoms with Gasteiger partial charge < -0.3 is 14.6 Å². The lowest BCUT2D eigenvalue weighted by Gasteiger charge is -2.39. The van der Waals surface area contributed by atoms with Gasteiger partial charge in [-0.3, -0.25) is 14.3 Å². The standard InChI is InChI=1S/C27H20ClN3O4/c28-18-8-9-20-19(13-18)26(33)24-22(25(32)31-11-12-34-15-21(31)30-24)23(16-5-4-10-29-14-16)27(26,35-20)17-6-2-1-3-7-17/h1-10,13-14,23,33H,11-12,15H2/t23-,26+,27+/m1/s1. The minimum absolute atomic E-state index is 0.192. The van der Waals surface area contributed by atoms with E-state index in [-0.39, 0.29) is 17.9 Å². The third kappa shape index (κ3) is 2.55. The molecular formula is C27H20ClN3O4. The lowest BCUT2D eigenvalue weighted by molar-refractivity contribution is -0.0906. The summed E-state index contributed by atoms with van der Waals surface area (Å²) in [6.07, 6.45) is 3.40. The van der Waals surface area contributed by atoms with Crippen LogP contribution in [-0.4, -0.2) is 26.2 Å². The number of ether oxygens (including phenoxy) is 2. The summed E-state index contributed by atoms with van der Waals surface area (Å²) >= 11 is 6.41. The molecule has 7 rings (SSSR count). The van der Waals surface area contributed by atoms with E-state index in [1.165, 1.54) is 0 Å². The fourth-order valence-corrected chi connectivity index (χ4v) is 6.15. The van der Waals surface area contributed by atoms with E-state index < -0.39 is 17.1 Å². The second kappa shape index (κ2) is 7.24. The van der Waals surface area contributed by atoms with Crippen LogP contribution in [0.25, 0.3) is 0 Å². The Hall–Kier alpha value is -3.52. The maximum absolute atomic E-state index is 14.1. The number of hydrogen-bond donors (Lipinski definition) is 1. The molecule has 3 atom stereocenters. The molecule has 1 aliphatic carbocycles. The average Bonchev–Trinajstić information content (AvgIpc) is 3.28. The third-order valence-electron chi connectivity index (χ3n) is 7.37.